The van der Waals surface area contributed by atoms with Gasteiger partial charge >= 0.3 is 0 Å². The number of pyridine rings is 1. The third-order valence-electron chi connectivity index (χ3n) is 6.13. The van der Waals surface area contributed by atoms with Gasteiger partial charge in [-0.1, -0.05) is 6.07 Å². The highest BCUT2D eigenvalue weighted by Crippen LogP contribution is 2.42. The summed E-state index contributed by atoms with van der Waals surface area (Å²) in [6, 6.07) is 7.58. The number of nitrogens with one attached hydrogen (secondary N) is 3. The summed E-state index contributed by atoms with van der Waals surface area (Å²) in [6.45, 7) is 3.96. The Hall–Kier alpha value is -3.95. The van der Waals surface area contributed by atoms with Crippen LogP contribution >= 0.6 is 0 Å². The lowest BCUT2D eigenvalue weighted by atomic mass is 10.1. The molecule has 3 aromatic rings. The molecule has 10 heteroatoms. The van der Waals surface area contributed by atoms with Crippen molar-refractivity contribution in [2.24, 2.45) is 5.92 Å². The predicted octanol–water partition coefficient (Wildman–Crippen LogP) is 2.93. The molecule has 1 aliphatic heterocycles. The highest BCUT2D eigenvalue weighted by atomic mass is 16.2. The van der Waals surface area contributed by atoms with Gasteiger partial charge in [0.2, 0.25) is 5.91 Å². The van der Waals surface area contributed by atoms with Gasteiger partial charge in [-0.05, 0) is 38.8 Å². The second-order valence-electron chi connectivity index (χ2n) is 8.47. The Balaban J connectivity index is 1.57. The van der Waals surface area contributed by atoms with Crippen LogP contribution < -0.4 is 20.9 Å². The first-order chi connectivity index (χ1) is 15.9. The average molecular weight is 447 g/mol. The number of carbonyl (C=O) groups is 2. The van der Waals surface area contributed by atoms with E-state index >= 15 is 0 Å². The van der Waals surface area contributed by atoms with Crippen molar-refractivity contribution in [1.82, 2.24) is 25.1 Å². The van der Waals surface area contributed by atoms with E-state index in [9.17, 15) is 9.59 Å². The van der Waals surface area contributed by atoms with Gasteiger partial charge in [0.05, 0.1) is 34.4 Å². The van der Waals surface area contributed by atoms with Crippen LogP contribution in [0.4, 0.5) is 22.9 Å². The second kappa shape index (κ2) is 7.88. The predicted molar refractivity (Wildman–Crippen MR) is 125 cm³/mol. The summed E-state index contributed by atoms with van der Waals surface area (Å²) >= 11 is 0. The van der Waals surface area contributed by atoms with Crippen molar-refractivity contribution >= 4 is 34.7 Å². The third-order valence-corrected chi connectivity index (χ3v) is 6.13. The summed E-state index contributed by atoms with van der Waals surface area (Å²) in [7, 11) is 3.58. The lowest BCUT2D eigenvalue weighted by Gasteiger charge is -2.35. The number of fused-ring (bicyclic) bond motifs is 3. The molecule has 0 radical (unpaired) electrons. The Kier molecular flexibility index (Phi) is 4.99. The van der Waals surface area contributed by atoms with E-state index in [2.05, 4.69) is 42.8 Å². The fourth-order valence-corrected chi connectivity index (χ4v) is 4.08. The number of hydrogen-bond acceptors (Lipinski definition) is 7. The van der Waals surface area contributed by atoms with Crippen molar-refractivity contribution in [3.05, 3.63) is 47.7 Å². The molecular weight excluding hydrogens is 420 g/mol. The van der Waals surface area contributed by atoms with Crippen LogP contribution in [0.2, 0.25) is 0 Å². The molecule has 1 aromatic carbocycles. The molecule has 33 heavy (non-hydrogen) atoms. The van der Waals surface area contributed by atoms with Crippen molar-refractivity contribution < 1.29 is 9.59 Å². The Morgan fingerprint density at radius 1 is 1.18 bits per heavy atom. The van der Waals surface area contributed by atoms with Crippen molar-refractivity contribution in [2.45, 2.75) is 32.7 Å². The zero-order chi connectivity index (χ0) is 23.3. The lowest BCUT2D eigenvalue weighted by Crippen LogP contribution is -2.31. The number of amides is 2. The Morgan fingerprint density at radius 3 is 2.70 bits per heavy atom. The summed E-state index contributed by atoms with van der Waals surface area (Å²) in [6.07, 6.45) is 3.28. The maximum absolute atomic E-state index is 12.5. The molecule has 0 unspecified atom stereocenters. The standard InChI is InChI=1S/C23H26N8O2/c1-12-21-26-13(2)29-31(21)18-7-5-6-16(20(18)30(12)4)27-17-10-19(28-22(32)14-8-9-14)25-11-15(17)23(33)24-3/h5-7,10-12,14H,8-9H2,1-4H3,(H,24,33)(H2,25,27,28,32)/t12-/m1/s1. The number of anilines is 4. The molecule has 1 atom stereocenters. The van der Waals surface area contributed by atoms with Crippen LogP contribution in [0.5, 0.6) is 0 Å². The monoisotopic (exact) mass is 446 g/mol. The van der Waals surface area contributed by atoms with Gasteiger partial charge in [-0.3, -0.25) is 9.59 Å². The molecule has 2 amide bonds. The number of para-hydroxylation sites is 1. The van der Waals surface area contributed by atoms with Crippen LogP contribution in [-0.2, 0) is 4.79 Å². The van der Waals surface area contributed by atoms with Gasteiger partial charge in [0.1, 0.15) is 11.6 Å². The summed E-state index contributed by atoms with van der Waals surface area (Å²) in [5.41, 5.74) is 3.56. The van der Waals surface area contributed by atoms with Crippen molar-refractivity contribution in [1.29, 1.82) is 0 Å². The highest BCUT2D eigenvalue weighted by molar-refractivity contribution is 6.02. The Morgan fingerprint density at radius 2 is 1.97 bits per heavy atom. The number of aromatic nitrogens is 4. The number of nitrogens with zero attached hydrogens (tertiary/aromatic N) is 5. The first-order valence-corrected chi connectivity index (χ1v) is 11.0. The largest absolute Gasteiger partial charge is 0.361 e. The molecule has 1 fully saturated rings. The van der Waals surface area contributed by atoms with E-state index in [0.29, 0.717) is 22.9 Å². The van der Waals surface area contributed by atoms with Gasteiger partial charge in [-0.2, -0.15) is 5.10 Å². The fraction of sp³-hybridized carbons (Fsp3) is 0.348. The molecule has 170 valence electrons. The van der Waals surface area contributed by atoms with Crippen LogP contribution in [0.15, 0.2) is 30.5 Å². The molecule has 10 nitrogen and oxygen atoms in total. The average Bonchev–Trinajstić information content (AvgIpc) is 3.58. The topological polar surface area (TPSA) is 117 Å². The molecule has 0 saturated heterocycles. The molecule has 3 heterocycles. The summed E-state index contributed by atoms with van der Waals surface area (Å²) in [5, 5.41) is 13.5. The smallest absolute Gasteiger partial charge is 0.254 e. The number of aryl methyl sites for hydroxylation is 1. The zero-order valence-corrected chi connectivity index (χ0v) is 19.0. The maximum atomic E-state index is 12.5. The summed E-state index contributed by atoms with van der Waals surface area (Å²) < 4.78 is 1.87. The van der Waals surface area contributed by atoms with Gasteiger partial charge in [0.15, 0.2) is 5.82 Å². The minimum atomic E-state index is -0.272. The van der Waals surface area contributed by atoms with Crippen molar-refractivity contribution in [3.8, 4) is 5.69 Å². The number of benzene rings is 1. The maximum Gasteiger partial charge on any atom is 0.254 e. The second-order valence-corrected chi connectivity index (χ2v) is 8.47. The summed E-state index contributed by atoms with van der Waals surface area (Å²) in [4.78, 5) is 35.8. The molecule has 1 saturated carbocycles. The molecular formula is C23H26N8O2. The van der Waals surface area contributed by atoms with Gasteiger partial charge in [0.25, 0.3) is 5.91 Å². The Labute approximate surface area is 191 Å². The molecule has 1 aliphatic carbocycles. The van der Waals surface area contributed by atoms with Crippen LogP contribution in [0.25, 0.3) is 5.69 Å². The first-order valence-electron chi connectivity index (χ1n) is 11.0. The molecule has 5 rings (SSSR count). The molecule has 3 N–H and O–H groups in total. The minimum Gasteiger partial charge on any atom is -0.361 e. The molecule has 2 aliphatic rings. The molecule has 0 spiro atoms. The highest BCUT2D eigenvalue weighted by Gasteiger charge is 2.32. The van der Waals surface area contributed by atoms with E-state index in [1.807, 2.05) is 36.9 Å². The van der Waals surface area contributed by atoms with Crippen LogP contribution in [0.1, 0.15) is 47.8 Å². The first kappa shape index (κ1) is 20.9. The number of carbonyl (C=O) groups excluding carboxylic acids is 2. The van der Waals surface area contributed by atoms with Crippen LogP contribution in [-0.4, -0.2) is 45.7 Å². The lowest BCUT2D eigenvalue weighted by molar-refractivity contribution is -0.117. The van der Waals surface area contributed by atoms with E-state index in [1.165, 1.54) is 6.20 Å². The normalized spacial score (nSPS) is 16.6. The van der Waals surface area contributed by atoms with Gasteiger partial charge in [0, 0.05) is 32.3 Å². The molecule has 0 bridgehead atoms. The number of hydrogen-bond donors (Lipinski definition) is 3. The fourth-order valence-electron chi connectivity index (χ4n) is 4.08. The van der Waals surface area contributed by atoms with Crippen molar-refractivity contribution in [2.75, 3.05) is 29.6 Å². The van der Waals surface area contributed by atoms with E-state index in [0.717, 1.165) is 35.7 Å². The minimum absolute atomic E-state index is 0.00546. The van der Waals surface area contributed by atoms with Crippen LogP contribution in [0, 0.1) is 12.8 Å². The molecule has 2 aromatic heterocycles. The zero-order valence-electron chi connectivity index (χ0n) is 19.0. The third kappa shape index (κ3) is 3.67. The van der Waals surface area contributed by atoms with Crippen molar-refractivity contribution in [3.63, 3.8) is 0 Å². The van der Waals surface area contributed by atoms with E-state index in [1.54, 1.807) is 13.1 Å². The number of rotatable bonds is 5. The quantitative estimate of drug-likeness (QED) is 0.552. The summed E-state index contributed by atoms with van der Waals surface area (Å²) in [5.74, 6) is 1.73. The van der Waals surface area contributed by atoms with Gasteiger partial charge in [-0.15, -0.1) is 0 Å². The SMILES string of the molecule is CNC(=O)c1cnc(NC(=O)C2CC2)cc1Nc1cccc2c1N(C)[C@H](C)c1nc(C)nn1-2. The van der Waals surface area contributed by atoms with Gasteiger partial charge < -0.3 is 20.9 Å². The van der Waals surface area contributed by atoms with E-state index in [4.69, 9.17) is 0 Å². The Bertz CT molecular complexity index is 1260. The van der Waals surface area contributed by atoms with Gasteiger partial charge in [-0.25, -0.2) is 14.6 Å². The van der Waals surface area contributed by atoms with E-state index < -0.39 is 0 Å². The van der Waals surface area contributed by atoms with E-state index in [-0.39, 0.29) is 23.8 Å². The van der Waals surface area contributed by atoms with Crippen LogP contribution in [0.3, 0.4) is 0 Å².